The van der Waals surface area contributed by atoms with Gasteiger partial charge in [-0.1, -0.05) is 78.0 Å². The highest BCUT2D eigenvalue weighted by molar-refractivity contribution is 5.93. The van der Waals surface area contributed by atoms with E-state index in [9.17, 15) is 4.39 Å². The number of hydrogen-bond donors (Lipinski definition) is 2. The number of hydrogen-bond acceptors (Lipinski definition) is 5. The van der Waals surface area contributed by atoms with Gasteiger partial charge in [0.1, 0.15) is 11.5 Å². The van der Waals surface area contributed by atoms with Crippen molar-refractivity contribution in [2.24, 2.45) is 5.73 Å². The predicted molar refractivity (Wildman–Crippen MR) is 107 cm³/mol. The molecule has 0 unspecified atom stereocenters. The lowest BCUT2D eigenvalue weighted by atomic mass is 10.1. The molecule has 28 heavy (non-hydrogen) atoms. The van der Waals surface area contributed by atoms with E-state index in [1.165, 1.54) is 6.07 Å². The molecule has 3 aromatic carbocycles. The Morgan fingerprint density at radius 3 is 2.21 bits per heavy atom. The first-order valence-electron chi connectivity index (χ1n) is 8.68. The van der Waals surface area contributed by atoms with Crippen molar-refractivity contribution in [2.75, 3.05) is 5.32 Å². The zero-order valence-corrected chi connectivity index (χ0v) is 14.8. The third kappa shape index (κ3) is 3.61. The maximum atomic E-state index is 14.2. The monoisotopic (exact) mass is 372 g/mol. The van der Waals surface area contributed by atoms with E-state index < -0.39 is 0 Å². The van der Waals surface area contributed by atoms with Crippen molar-refractivity contribution in [1.82, 2.24) is 10.1 Å². The Morgan fingerprint density at radius 2 is 1.50 bits per heavy atom. The van der Waals surface area contributed by atoms with E-state index in [0.717, 1.165) is 11.1 Å². The number of aromatic nitrogens is 2. The van der Waals surface area contributed by atoms with Crippen LogP contribution in [0.2, 0.25) is 0 Å². The van der Waals surface area contributed by atoms with Gasteiger partial charge in [-0.3, -0.25) is 0 Å². The minimum Gasteiger partial charge on any atom is -0.393 e. The van der Waals surface area contributed by atoms with Crippen LogP contribution in [0.1, 0.15) is 11.5 Å². The Labute approximate surface area is 161 Å². The van der Waals surface area contributed by atoms with Gasteiger partial charge in [0.05, 0.1) is 11.4 Å². The molecule has 0 aliphatic heterocycles. The zero-order valence-electron chi connectivity index (χ0n) is 14.8. The second-order valence-electron chi connectivity index (χ2n) is 6.05. The summed E-state index contributed by atoms with van der Waals surface area (Å²) < 4.78 is 19.6. The fraction of sp³-hybridized carbons (Fsp3) is 0. The standard InChI is InChI=1S/C22H17FN4O/c23-17-13-7-8-14-18(17)25-20(15-9-3-1-4-10-15)19(24)22-26-21(27-28-22)16-11-5-2-6-12-16/h1-14,25H,24H2/b20-19-. The summed E-state index contributed by atoms with van der Waals surface area (Å²) in [6.45, 7) is 0. The molecule has 3 N–H and O–H groups in total. The third-order valence-electron chi connectivity index (χ3n) is 4.15. The summed E-state index contributed by atoms with van der Waals surface area (Å²) in [5, 5.41) is 7.07. The molecule has 4 aromatic rings. The van der Waals surface area contributed by atoms with Gasteiger partial charge in [-0.15, -0.1) is 0 Å². The van der Waals surface area contributed by atoms with Crippen LogP contribution in [0.3, 0.4) is 0 Å². The molecule has 0 saturated carbocycles. The summed E-state index contributed by atoms with van der Waals surface area (Å²) >= 11 is 0. The molecule has 1 aromatic heterocycles. The van der Waals surface area contributed by atoms with E-state index in [-0.39, 0.29) is 17.4 Å². The van der Waals surface area contributed by atoms with Crippen LogP contribution in [-0.4, -0.2) is 10.1 Å². The summed E-state index contributed by atoms with van der Waals surface area (Å²) in [5.41, 5.74) is 8.94. The molecular formula is C22H17FN4O. The third-order valence-corrected chi connectivity index (χ3v) is 4.15. The number of nitrogens with zero attached hydrogens (tertiary/aromatic N) is 2. The number of benzene rings is 3. The molecule has 1 heterocycles. The number of rotatable bonds is 5. The van der Waals surface area contributed by atoms with Crippen LogP contribution in [0.15, 0.2) is 89.5 Å². The van der Waals surface area contributed by atoms with Crippen LogP contribution in [0, 0.1) is 5.82 Å². The number of anilines is 1. The SMILES string of the molecule is N/C(=C(\Nc1ccccc1F)c1ccccc1)c1nc(-c2ccccc2)no1. The molecule has 138 valence electrons. The van der Waals surface area contributed by atoms with Crippen molar-refractivity contribution in [3.05, 3.63) is 102 Å². The average molecular weight is 372 g/mol. The quantitative estimate of drug-likeness (QED) is 0.528. The molecule has 5 nitrogen and oxygen atoms in total. The van der Waals surface area contributed by atoms with Gasteiger partial charge >= 0.3 is 0 Å². The molecule has 0 aliphatic carbocycles. The van der Waals surface area contributed by atoms with Crippen LogP contribution in [-0.2, 0) is 0 Å². The predicted octanol–water partition coefficient (Wildman–Crippen LogP) is 4.77. The van der Waals surface area contributed by atoms with Crippen molar-refractivity contribution in [3.63, 3.8) is 0 Å². The molecule has 0 atom stereocenters. The second kappa shape index (κ2) is 7.75. The number of nitrogens with one attached hydrogen (secondary N) is 1. The molecule has 4 rings (SSSR count). The van der Waals surface area contributed by atoms with Gasteiger partial charge in [-0.25, -0.2) is 4.39 Å². The summed E-state index contributed by atoms with van der Waals surface area (Å²) in [7, 11) is 0. The van der Waals surface area contributed by atoms with Gasteiger partial charge in [0, 0.05) is 11.1 Å². The minimum absolute atomic E-state index is 0.154. The van der Waals surface area contributed by atoms with E-state index in [1.807, 2.05) is 60.7 Å². The van der Waals surface area contributed by atoms with Crippen molar-refractivity contribution >= 4 is 17.1 Å². The number of halogens is 1. The summed E-state index contributed by atoms with van der Waals surface area (Å²) in [6.07, 6.45) is 0. The van der Waals surface area contributed by atoms with Crippen LogP contribution in [0.5, 0.6) is 0 Å². The van der Waals surface area contributed by atoms with Gasteiger partial charge in [0.25, 0.3) is 5.89 Å². The molecule has 0 aliphatic rings. The Bertz CT molecular complexity index is 1110. The zero-order chi connectivity index (χ0) is 19.3. The van der Waals surface area contributed by atoms with Crippen molar-refractivity contribution in [3.8, 4) is 11.4 Å². The van der Waals surface area contributed by atoms with Gasteiger partial charge in [0.2, 0.25) is 5.82 Å². The molecule has 0 saturated heterocycles. The van der Waals surface area contributed by atoms with Crippen LogP contribution in [0.25, 0.3) is 22.8 Å². The molecule has 6 heteroatoms. The van der Waals surface area contributed by atoms with Gasteiger partial charge in [-0.05, 0) is 12.1 Å². The van der Waals surface area contributed by atoms with Crippen LogP contribution in [0.4, 0.5) is 10.1 Å². The normalized spacial score (nSPS) is 11.8. The highest BCUT2D eigenvalue weighted by Crippen LogP contribution is 2.26. The molecule has 0 fully saturated rings. The summed E-state index contributed by atoms with van der Waals surface area (Å²) in [4.78, 5) is 4.40. The Morgan fingerprint density at radius 1 is 0.857 bits per heavy atom. The van der Waals surface area contributed by atoms with E-state index in [1.54, 1.807) is 18.2 Å². The first-order chi connectivity index (χ1) is 13.7. The molecule has 0 spiro atoms. The summed E-state index contributed by atoms with van der Waals surface area (Å²) in [5.74, 6) is 0.192. The molecule has 0 amide bonds. The lowest BCUT2D eigenvalue weighted by Gasteiger charge is -2.14. The van der Waals surface area contributed by atoms with E-state index in [4.69, 9.17) is 10.3 Å². The van der Waals surface area contributed by atoms with Crippen LogP contribution < -0.4 is 11.1 Å². The molecular weight excluding hydrogens is 355 g/mol. The highest BCUT2D eigenvalue weighted by Gasteiger charge is 2.17. The highest BCUT2D eigenvalue weighted by atomic mass is 19.1. The van der Waals surface area contributed by atoms with Crippen LogP contribution >= 0.6 is 0 Å². The van der Waals surface area contributed by atoms with Crippen molar-refractivity contribution in [1.29, 1.82) is 0 Å². The lowest BCUT2D eigenvalue weighted by Crippen LogP contribution is -2.09. The van der Waals surface area contributed by atoms with Gasteiger partial charge in [-0.2, -0.15) is 4.98 Å². The Balaban J connectivity index is 1.78. The smallest absolute Gasteiger partial charge is 0.276 e. The largest absolute Gasteiger partial charge is 0.393 e. The van der Waals surface area contributed by atoms with E-state index in [2.05, 4.69) is 15.5 Å². The Kier molecular flexibility index (Phi) is 4.84. The second-order valence-corrected chi connectivity index (χ2v) is 6.05. The topological polar surface area (TPSA) is 77.0 Å². The molecule has 0 bridgehead atoms. The minimum atomic E-state index is -0.390. The first kappa shape index (κ1) is 17.5. The van der Waals surface area contributed by atoms with Gasteiger partial charge in [0.15, 0.2) is 0 Å². The van der Waals surface area contributed by atoms with E-state index in [0.29, 0.717) is 17.2 Å². The summed E-state index contributed by atoms with van der Waals surface area (Å²) in [6, 6.07) is 25.2. The number of para-hydroxylation sites is 1. The van der Waals surface area contributed by atoms with Crippen molar-refractivity contribution in [2.45, 2.75) is 0 Å². The lowest BCUT2D eigenvalue weighted by molar-refractivity contribution is 0.408. The fourth-order valence-electron chi connectivity index (χ4n) is 2.74. The average Bonchev–Trinajstić information content (AvgIpc) is 3.24. The fourth-order valence-corrected chi connectivity index (χ4v) is 2.74. The van der Waals surface area contributed by atoms with Gasteiger partial charge < -0.3 is 15.6 Å². The molecule has 0 radical (unpaired) electrons. The number of nitrogens with two attached hydrogens (primary N) is 1. The maximum absolute atomic E-state index is 14.2. The maximum Gasteiger partial charge on any atom is 0.276 e. The Hall–Kier alpha value is -3.93. The van der Waals surface area contributed by atoms with E-state index >= 15 is 0 Å². The first-order valence-corrected chi connectivity index (χ1v) is 8.68. The van der Waals surface area contributed by atoms with Crippen molar-refractivity contribution < 1.29 is 8.91 Å².